The molecule has 39 heavy (non-hydrogen) atoms. The van der Waals surface area contributed by atoms with Crippen molar-refractivity contribution in [2.24, 2.45) is 4.99 Å². The second-order valence-corrected chi connectivity index (χ2v) is 10.8. The molecule has 1 aromatic heterocycles. The van der Waals surface area contributed by atoms with Crippen LogP contribution in [0.25, 0.3) is 6.08 Å². The molecule has 0 saturated heterocycles. The average molecular weight is 616 g/mol. The van der Waals surface area contributed by atoms with Gasteiger partial charge in [-0.1, -0.05) is 29.5 Å². The van der Waals surface area contributed by atoms with E-state index in [0.717, 1.165) is 5.56 Å². The quantitative estimate of drug-likeness (QED) is 0.323. The van der Waals surface area contributed by atoms with Crippen molar-refractivity contribution in [2.75, 3.05) is 20.3 Å². The van der Waals surface area contributed by atoms with E-state index in [9.17, 15) is 9.59 Å². The maximum absolute atomic E-state index is 14.0. The van der Waals surface area contributed by atoms with E-state index < -0.39 is 12.0 Å². The van der Waals surface area contributed by atoms with Crippen molar-refractivity contribution < 1.29 is 23.7 Å². The molecule has 3 aromatic rings. The SMILES string of the molecule is CCOC(=O)C1=C(C)N=c2s/c(=C\c3cc(Br)c(OC)c(OCC)c3)c(=O)n2[C@H]1c1ccccc1OC(C)C. The van der Waals surface area contributed by atoms with E-state index in [1.165, 1.54) is 11.3 Å². The van der Waals surface area contributed by atoms with Crippen LogP contribution in [0.15, 0.2) is 61.9 Å². The smallest absolute Gasteiger partial charge is 0.338 e. The van der Waals surface area contributed by atoms with Crippen molar-refractivity contribution in [1.29, 1.82) is 0 Å². The first kappa shape index (κ1) is 28.6. The van der Waals surface area contributed by atoms with Gasteiger partial charge in [0.15, 0.2) is 16.3 Å². The van der Waals surface area contributed by atoms with E-state index in [1.54, 1.807) is 31.6 Å². The maximum atomic E-state index is 14.0. The molecule has 0 saturated carbocycles. The Hall–Kier alpha value is -3.37. The number of halogens is 1. The number of nitrogens with zero attached hydrogens (tertiary/aromatic N) is 2. The van der Waals surface area contributed by atoms with Gasteiger partial charge in [0.1, 0.15) is 11.8 Å². The summed E-state index contributed by atoms with van der Waals surface area (Å²) < 4.78 is 25.4. The fourth-order valence-electron chi connectivity index (χ4n) is 4.44. The first-order valence-electron chi connectivity index (χ1n) is 12.7. The molecule has 8 nitrogen and oxygen atoms in total. The van der Waals surface area contributed by atoms with Crippen molar-refractivity contribution in [1.82, 2.24) is 4.57 Å². The number of ether oxygens (including phenoxy) is 4. The van der Waals surface area contributed by atoms with Gasteiger partial charge in [-0.2, -0.15) is 0 Å². The number of carbonyl (C=O) groups is 1. The highest BCUT2D eigenvalue weighted by molar-refractivity contribution is 9.10. The summed E-state index contributed by atoms with van der Waals surface area (Å²) in [6.07, 6.45) is 1.68. The first-order chi connectivity index (χ1) is 18.7. The molecule has 206 valence electrons. The van der Waals surface area contributed by atoms with Crippen LogP contribution in [-0.4, -0.2) is 37.0 Å². The van der Waals surface area contributed by atoms with Crippen LogP contribution in [0.4, 0.5) is 0 Å². The summed E-state index contributed by atoms with van der Waals surface area (Å²) >= 11 is 4.79. The summed E-state index contributed by atoms with van der Waals surface area (Å²) in [4.78, 5) is 32.3. The van der Waals surface area contributed by atoms with E-state index in [4.69, 9.17) is 18.9 Å². The van der Waals surface area contributed by atoms with Crippen molar-refractivity contribution in [2.45, 2.75) is 46.8 Å². The lowest BCUT2D eigenvalue weighted by atomic mass is 9.95. The largest absolute Gasteiger partial charge is 0.492 e. The first-order valence-corrected chi connectivity index (χ1v) is 14.3. The Bertz CT molecular complexity index is 1600. The molecular weight excluding hydrogens is 584 g/mol. The molecule has 0 radical (unpaired) electrons. The van der Waals surface area contributed by atoms with Crippen LogP contribution < -0.4 is 29.1 Å². The Morgan fingerprint density at radius 1 is 1.18 bits per heavy atom. The van der Waals surface area contributed by atoms with Crippen molar-refractivity contribution in [3.8, 4) is 17.2 Å². The summed E-state index contributed by atoms with van der Waals surface area (Å²) in [5, 5.41) is 0. The minimum Gasteiger partial charge on any atom is -0.492 e. The van der Waals surface area contributed by atoms with Gasteiger partial charge in [-0.05, 0) is 80.4 Å². The third kappa shape index (κ3) is 5.81. The molecule has 1 aliphatic rings. The minimum atomic E-state index is -0.765. The number of aromatic nitrogens is 1. The zero-order valence-corrected chi connectivity index (χ0v) is 25.1. The molecule has 0 N–H and O–H groups in total. The van der Waals surface area contributed by atoms with Gasteiger partial charge >= 0.3 is 5.97 Å². The normalized spacial score (nSPS) is 15.2. The fraction of sp³-hybridized carbons (Fsp3) is 0.345. The molecule has 1 aliphatic heterocycles. The van der Waals surface area contributed by atoms with Gasteiger partial charge < -0.3 is 18.9 Å². The topological polar surface area (TPSA) is 88.4 Å². The molecular formula is C29H31BrN2O6S. The van der Waals surface area contributed by atoms with Gasteiger partial charge in [0.2, 0.25) is 0 Å². The van der Waals surface area contributed by atoms with Gasteiger partial charge in [-0.3, -0.25) is 9.36 Å². The third-order valence-electron chi connectivity index (χ3n) is 5.93. The van der Waals surface area contributed by atoms with E-state index >= 15 is 0 Å². The lowest BCUT2D eigenvalue weighted by Gasteiger charge is -2.26. The molecule has 2 heterocycles. The van der Waals surface area contributed by atoms with E-state index in [1.807, 2.05) is 57.2 Å². The standard InChI is InChI=1S/C29H31BrN2O6S/c1-7-36-22-14-18(13-20(30)26(22)35-6)15-23-27(33)32-25(19-11-9-10-12-21(19)38-16(3)4)24(28(34)37-8-2)17(5)31-29(32)39-23/h9-16,25H,7-8H2,1-6H3/b23-15-/t25-/m0/s1. The van der Waals surface area contributed by atoms with Gasteiger partial charge in [0.05, 0.1) is 46.7 Å². The summed E-state index contributed by atoms with van der Waals surface area (Å²) in [6.45, 7) is 9.92. The molecule has 0 spiro atoms. The Morgan fingerprint density at radius 2 is 1.92 bits per heavy atom. The predicted molar refractivity (Wildman–Crippen MR) is 154 cm³/mol. The highest BCUT2D eigenvalue weighted by Gasteiger charge is 2.35. The molecule has 1 atom stereocenters. The van der Waals surface area contributed by atoms with E-state index in [0.29, 0.717) is 54.5 Å². The van der Waals surface area contributed by atoms with Crippen molar-refractivity contribution >= 4 is 39.3 Å². The second-order valence-electron chi connectivity index (χ2n) is 8.97. The number of carbonyl (C=O) groups excluding carboxylic acids is 1. The Morgan fingerprint density at radius 3 is 2.59 bits per heavy atom. The van der Waals surface area contributed by atoms with E-state index in [-0.39, 0.29) is 18.3 Å². The van der Waals surface area contributed by atoms with Crippen LogP contribution in [-0.2, 0) is 9.53 Å². The van der Waals surface area contributed by atoms with Gasteiger partial charge in [0, 0.05) is 5.56 Å². The van der Waals surface area contributed by atoms with Crippen LogP contribution in [0.2, 0.25) is 0 Å². The molecule has 0 bridgehead atoms. The Labute approximate surface area is 239 Å². The number of thiazole rings is 1. The molecule has 0 amide bonds. The summed E-state index contributed by atoms with van der Waals surface area (Å²) in [5.74, 6) is 1.21. The molecule has 0 aliphatic carbocycles. The molecule has 0 fully saturated rings. The van der Waals surface area contributed by atoms with Gasteiger partial charge in [-0.25, -0.2) is 9.79 Å². The number of rotatable bonds is 9. The van der Waals surface area contributed by atoms with E-state index in [2.05, 4.69) is 20.9 Å². The average Bonchev–Trinajstić information content (AvgIpc) is 3.17. The van der Waals surface area contributed by atoms with Gasteiger partial charge in [-0.15, -0.1) is 0 Å². The second kappa shape index (κ2) is 12.2. The third-order valence-corrected chi connectivity index (χ3v) is 7.50. The highest BCUT2D eigenvalue weighted by atomic mass is 79.9. The zero-order chi connectivity index (χ0) is 28.3. The van der Waals surface area contributed by atoms with Gasteiger partial charge in [0.25, 0.3) is 5.56 Å². The lowest BCUT2D eigenvalue weighted by Crippen LogP contribution is -2.40. The Balaban J connectivity index is 1.96. The fourth-order valence-corrected chi connectivity index (χ4v) is 6.11. The minimum absolute atomic E-state index is 0.105. The maximum Gasteiger partial charge on any atom is 0.338 e. The summed E-state index contributed by atoms with van der Waals surface area (Å²) in [5.41, 5.74) is 1.96. The summed E-state index contributed by atoms with van der Waals surface area (Å²) in [6, 6.07) is 10.4. The van der Waals surface area contributed by atoms with Crippen LogP contribution in [0.1, 0.15) is 51.8 Å². The molecule has 4 rings (SSSR count). The number of hydrogen-bond donors (Lipinski definition) is 0. The number of methoxy groups -OCH3 is 1. The van der Waals surface area contributed by atoms with Crippen LogP contribution in [0, 0.1) is 0 Å². The number of hydrogen-bond acceptors (Lipinski definition) is 8. The molecule has 10 heteroatoms. The monoisotopic (exact) mass is 614 g/mol. The lowest BCUT2D eigenvalue weighted by molar-refractivity contribution is -0.139. The van der Waals surface area contributed by atoms with Crippen LogP contribution >= 0.6 is 27.3 Å². The summed E-state index contributed by atoms with van der Waals surface area (Å²) in [7, 11) is 1.57. The number of esters is 1. The number of allylic oxidation sites excluding steroid dienone is 1. The molecule has 2 aromatic carbocycles. The van der Waals surface area contributed by atoms with Crippen molar-refractivity contribution in [3.63, 3.8) is 0 Å². The van der Waals surface area contributed by atoms with Crippen LogP contribution in [0.5, 0.6) is 17.2 Å². The Kier molecular flexibility index (Phi) is 8.97. The van der Waals surface area contributed by atoms with Crippen LogP contribution in [0.3, 0.4) is 0 Å². The molecule has 0 unspecified atom stereocenters. The number of benzene rings is 2. The number of para-hydroxylation sites is 1. The zero-order valence-electron chi connectivity index (χ0n) is 22.7. The predicted octanol–water partition coefficient (Wildman–Crippen LogP) is 4.76. The van der Waals surface area contributed by atoms with Crippen molar-refractivity contribution in [3.05, 3.63) is 83.0 Å². The highest BCUT2D eigenvalue weighted by Crippen LogP contribution is 2.38. The number of fused-ring (bicyclic) bond motifs is 1.